The summed E-state index contributed by atoms with van der Waals surface area (Å²) < 4.78 is 36.0. The third kappa shape index (κ3) is 4.11. The zero-order valence-electron chi connectivity index (χ0n) is 12.6. The minimum Gasteiger partial charge on any atom is -0.489 e. The predicted molar refractivity (Wildman–Crippen MR) is 80.3 cm³/mol. The molecule has 0 aromatic carbocycles. The van der Waals surface area contributed by atoms with E-state index in [2.05, 4.69) is 5.10 Å². The Morgan fingerprint density at radius 1 is 1.38 bits per heavy atom. The molecule has 0 amide bonds. The number of aromatic nitrogens is 2. The largest absolute Gasteiger partial charge is 0.489 e. The monoisotopic (exact) mass is 336 g/mol. The van der Waals surface area contributed by atoms with Gasteiger partial charge >= 0.3 is 0 Å². The SMILES string of the molecule is Cc1nn(C)c(C)c1OCC1(CS(=O)(=O)Cl)CCOCC1. The fourth-order valence-corrected chi connectivity index (χ4v) is 4.49. The van der Waals surface area contributed by atoms with Crippen molar-refractivity contribution < 1.29 is 17.9 Å². The fraction of sp³-hybridized carbons (Fsp3) is 0.769. The van der Waals surface area contributed by atoms with Gasteiger partial charge in [0.15, 0.2) is 5.75 Å². The molecule has 0 spiro atoms. The molecule has 21 heavy (non-hydrogen) atoms. The van der Waals surface area contributed by atoms with E-state index < -0.39 is 14.5 Å². The number of ether oxygens (including phenoxy) is 2. The van der Waals surface area contributed by atoms with Crippen LogP contribution in [0.3, 0.4) is 0 Å². The molecule has 2 rings (SSSR count). The van der Waals surface area contributed by atoms with Crippen LogP contribution in [0.5, 0.6) is 5.75 Å². The van der Waals surface area contributed by atoms with Gasteiger partial charge in [0.2, 0.25) is 9.05 Å². The van der Waals surface area contributed by atoms with Gasteiger partial charge in [0.25, 0.3) is 0 Å². The van der Waals surface area contributed by atoms with E-state index >= 15 is 0 Å². The Balaban J connectivity index is 2.16. The van der Waals surface area contributed by atoms with Crippen LogP contribution >= 0.6 is 10.7 Å². The maximum absolute atomic E-state index is 11.5. The summed E-state index contributed by atoms with van der Waals surface area (Å²) in [4.78, 5) is 0. The van der Waals surface area contributed by atoms with Crippen molar-refractivity contribution in [1.29, 1.82) is 0 Å². The lowest BCUT2D eigenvalue weighted by atomic mass is 9.83. The summed E-state index contributed by atoms with van der Waals surface area (Å²) in [6.07, 6.45) is 1.24. The van der Waals surface area contributed by atoms with Crippen molar-refractivity contribution in [2.24, 2.45) is 12.5 Å². The van der Waals surface area contributed by atoms with E-state index in [-0.39, 0.29) is 5.75 Å². The van der Waals surface area contributed by atoms with E-state index in [0.717, 1.165) is 17.1 Å². The smallest absolute Gasteiger partial charge is 0.233 e. The van der Waals surface area contributed by atoms with Crippen LogP contribution in [0, 0.1) is 19.3 Å². The minimum absolute atomic E-state index is 0.0940. The zero-order valence-corrected chi connectivity index (χ0v) is 14.1. The van der Waals surface area contributed by atoms with E-state index in [1.54, 1.807) is 4.68 Å². The average Bonchev–Trinajstić information content (AvgIpc) is 2.60. The third-order valence-electron chi connectivity index (χ3n) is 4.00. The Hall–Kier alpha value is -0.790. The van der Waals surface area contributed by atoms with E-state index in [1.165, 1.54) is 0 Å². The normalized spacial score (nSPS) is 18.7. The molecular weight excluding hydrogens is 316 g/mol. The van der Waals surface area contributed by atoms with Crippen molar-refractivity contribution >= 4 is 19.7 Å². The van der Waals surface area contributed by atoms with Gasteiger partial charge in [-0.2, -0.15) is 5.10 Å². The lowest BCUT2D eigenvalue weighted by molar-refractivity contribution is 0.00204. The molecular formula is C13H21ClN2O4S. The molecule has 0 N–H and O–H groups in total. The Morgan fingerprint density at radius 3 is 2.48 bits per heavy atom. The van der Waals surface area contributed by atoms with Gasteiger partial charge in [-0.25, -0.2) is 8.42 Å². The summed E-state index contributed by atoms with van der Waals surface area (Å²) in [5.74, 6) is 0.624. The molecule has 0 aliphatic carbocycles. The molecule has 0 radical (unpaired) electrons. The van der Waals surface area contributed by atoms with Gasteiger partial charge in [0.05, 0.1) is 18.1 Å². The van der Waals surface area contributed by atoms with E-state index in [4.69, 9.17) is 20.2 Å². The van der Waals surface area contributed by atoms with Gasteiger partial charge in [0, 0.05) is 36.4 Å². The Labute approximate surface area is 129 Å². The van der Waals surface area contributed by atoms with Crippen molar-refractivity contribution in [3.8, 4) is 5.75 Å². The number of rotatable bonds is 5. The lowest BCUT2D eigenvalue weighted by Crippen LogP contribution is -2.40. The summed E-state index contributed by atoms with van der Waals surface area (Å²) in [5.41, 5.74) is 1.22. The summed E-state index contributed by atoms with van der Waals surface area (Å²) >= 11 is 0. The molecule has 8 heteroatoms. The van der Waals surface area contributed by atoms with Crippen molar-refractivity contribution in [3.63, 3.8) is 0 Å². The average molecular weight is 337 g/mol. The van der Waals surface area contributed by atoms with Gasteiger partial charge < -0.3 is 9.47 Å². The maximum atomic E-state index is 11.5. The van der Waals surface area contributed by atoms with E-state index in [9.17, 15) is 8.42 Å². The Morgan fingerprint density at radius 2 is 2.00 bits per heavy atom. The first-order chi connectivity index (χ1) is 9.72. The fourth-order valence-electron chi connectivity index (χ4n) is 2.69. The van der Waals surface area contributed by atoms with Crippen molar-refractivity contribution in [2.45, 2.75) is 26.7 Å². The van der Waals surface area contributed by atoms with Crippen LogP contribution in [-0.2, 0) is 20.8 Å². The number of halogens is 1. The molecule has 1 aliphatic rings. The zero-order chi connectivity index (χ0) is 15.7. The van der Waals surface area contributed by atoms with Crippen LogP contribution in [-0.4, -0.2) is 43.8 Å². The van der Waals surface area contributed by atoms with Crippen molar-refractivity contribution in [3.05, 3.63) is 11.4 Å². The Bertz CT molecular complexity index is 606. The molecule has 6 nitrogen and oxygen atoms in total. The second kappa shape index (κ2) is 6.14. The minimum atomic E-state index is -3.59. The molecule has 0 bridgehead atoms. The maximum Gasteiger partial charge on any atom is 0.233 e. The first-order valence-corrected chi connectivity index (χ1v) is 9.33. The van der Waals surface area contributed by atoms with Gasteiger partial charge in [-0.3, -0.25) is 4.68 Å². The molecule has 1 fully saturated rings. The quantitative estimate of drug-likeness (QED) is 0.766. The van der Waals surface area contributed by atoms with Crippen LogP contribution in [0.1, 0.15) is 24.2 Å². The number of hydrogen-bond acceptors (Lipinski definition) is 5. The highest BCUT2D eigenvalue weighted by Gasteiger charge is 2.38. The Kier molecular flexibility index (Phi) is 4.85. The second-order valence-electron chi connectivity index (χ2n) is 5.71. The molecule has 1 aliphatic heterocycles. The van der Waals surface area contributed by atoms with Crippen LogP contribution in [0.2, 0.25) is 0 Å². The molecule has 2 heterocycles. The summed E-state index contributed by atoms with van der Waals surface area (Å²) in [6.45, 7) is 5.15. The molecule has 0 atom stereocenters. The van der Waals surface area contributed by atoms with E-state index in [1.807, 2.05) is 20.9 Å². The number of nitrogens with zero attached hydrogens (tertiary/aromatic N) is 2. The van der Waals surface area contributed by atoms with Gasteiger partial charge in [-0.15, -0.1) is 0 Å². The number of hydrogen-bond donors (Lipinski definition) is 0. The summed E-state index contributed by atoms with van der Waals surface area (Å²) in [5, 5.41) is 4.29. The third-order valence-corrected chi connectivity index (χ3v) is 5.28. The first kappa shape index (κ1) is 16.6. The van der Waals surface area contributed by atoms with Crippen LogP contribution in [0.25, 0.3) is 0 Å². The molecule has 1 saturated heterocycles. The van der Waals surface area contributed by atoms with Gasteiger partial charge in [-0.05, 0) is 26.7 Å². The van der Waals surface area contributed by atoms with E-state index in [0.29, 0.717) is 32.7 Å². The summed E-state index contributed by atoms with van der Waals surface area (Å²) in [6, 6.07) is 0. The van der Waals surface area contributed by atoms with Crippen molar-refractivity contribution in [1.82, 2.24) is 9.78 Å². The highest BCUT2D eigenvalue weighted by atomic mass is 35.7. The number of aryl methyl sites for hydroxylation is 2. The highest BCUT2D eigenvalue weighted by Crippen LogP contribution is 2.35. The summed E-state index contributed by atoms with van der Waals surface area (Å²) in [7, 11) is 3.73. The van der Waals surface area contributed by atoms with Crippen molar-refractivity contribution in [2.75, 3.05) is 25.6 Å². The molecule has 1 aromatic heterocycles. The molecule has 1 aromatic rings. The topological polar surface area (TPSA) is 70.4 Å². The van der Waals surface area contributed by atoms with Gasteiger partial charge in [-0.1, -0.05) is 0 Å². The molecule has 120 valence electrons. The van der Waals surface area contributed by atoms with Crippen LogP contribution in [0.4, 0.5) is 0 Å². The standard InChI is InChI=1S/C13H21ClN2O4S/c1-10-12(11(2)16(3)15-10)20-8-13(9-21(14,17)18)4-6-19-7-5-13/h4-9H2,1-3H3. The second-order valence-corrected chi connectivity index (χ2v) is 8.48. The van der Waals surface area contributed by atoms with Crippen LogP contribution in [0.15, 0.2) is 0 Å². The highest BCUT2D eigenvalue weighted by molar-refractivity contribution is 8.13. The lowest BCUT2D eigenvalue weighted by Gasteiger charge is -2.35. The first-order valence-electron chi connectivity index (χ1n) is 6.86. The molecule has 0 unspecified atom stereocenters. The molecule has 0 saturated carbocycles. The predicted octanol–water partition coefficient (Wildman–Crippen LogP) is 1.78. The van der Waals surface area contributed by atoms with Crippen LogP contribution < -0.4 is 4.74 Å². The van der Waals surface area contributed by atoms with Gasteiger partial charge in [0.1, 0.15) is 5.69 Å².